The molecule has 0 aromatic carbocycles. The fraction of sp³-hybridized carbons (Fsp3) is 0.942. The van der Waals surface area contributed by atoms with Crippen LogP contribution in [-0.4, -0.2) is 96.7 Å². The number of esters is 4. The van der Waals surface area contributed by atoms with E-state index in [9.17, 15) is 43.2 Å². The number of hydrogen-bond acceptors (Lipinski definition) is 15. The zero-order valence-corrected chi connectivity index (χ0v) is 59.1. The Morgan fingerprint density at radius 1 is 0.284 bits per heavy atom. The SMILES string of the molecule is CC(C)CCCCCCCCCCCCCCCCC(=O)O[C@H](COC(=O)CCCCCCCCCCC(C)C)COP(=O)(O)OC[C@@H](O)COP(=O)(O)OC[C@@H](COC(=O)CCCCCCCCC(C)C)OC(=O)CCCCCCCCCCC(C)C. The van der Waals surface area contributed by atoms with Gasteiger partial charge in [-0.25, -0.2) is 9.13 Å². The van der Waals surface area contributed by atoms with E-state index in [0.29, 0.717) is 31.6 Å². The topological polar surface area (TPSA) is 237 Å². The maximum atomic E-state index is 13.0. The molecule has 2 unspecified atom stereocenters. The van der Waals surface area contributed by atoms with Crippen LogP contribution in [0.25, 0.3) is 0 Å². The van der Waals surface area contributed by atoms with Crippen molar-refractivity contribution in [1.82, 2.24) is 0 Å². The van der Waals surface area contributed by atoms with Crippen LogP contribution in [0, 0.1) is 23.7 Å². The van der Waals surface area contributed by atoms with Gasteiger partial charge in [0.15, 0.2) is 12.2 Å². The number of carbonyl (C=O) groups excluding carboxylic acids is 4. The van der Waals surface area contributed by atoms with E-state index < -0.39 is 97.5 Å². The van der Waals surface area contributed by atoms with Crippen LogP contribution in [0.2, 0.25) is 0 Å². The second-order valence-electron chi connectivity index (χ2n) is 26.8. The Kier molecular flexibility index (Phi) is 57.6. The third-order valence-electron chi connectivity index (χ3n) is 15.8. The van der Waals surface area contributed by atoms with Crippen molar-refractivity contribution >= 4 is 39.5 Å². The number of hydrogen-bond donors (Lipinski definition) is 3. The lowest BCUT2D eigenvalue weighted by Gasteiger charge is -2.21. The molecule has 88 heavy (non-hydrogen) atoms. The quantitative estimate of drug-likeness (QED) is 0.0222. The molecule has 19 heteroatoms. The van der Waals surface area contributed by atoms with Gasteiger partial charge >= 0.3 is 39.5 Å². The Labute approximate surface area is 537 Å². The maximum absolute atomic E-state index is 13.0. The molecule has 0 aliphatic carbocycles. The molecule has 0 bridgehead atoms. The van der Waals surface area contributed by atoms with Gasteiger partial charge in [0.2, 0.25) is 0 Å². The fourth-order valence-electron chi connectivity index (χ4n) is 10.3. The standard InChI is InChI=1S/C69H134O17P2/c1-59(2)45-37-29-21-15-13-11-9-10-12-14-16-25-35-43-51-68(73)85-64(55-79-66(71)49-41-33-24-19-17-22-30-38-46-60(3)4)57-83-87(75,76)81-53-63(70)54-82-88(77,78)84-58-65(56-80-67(72)50-42-34-28-27-32-40-48-62(7)8)86-69(74)52-44-36-26-20-18-23-31-39-47-61(5)6/h59-65,70H,9-58H2,1-8H3,(H,75,76)(H,77,78)/t63-,64-,65-/m1/s1. The first kappa shape index (κ1) is 86.1. The molecular formula is C69H134O17P2. The number of ether oxygens (including phenoxy) is 4. The Morgan fingerprint density at radius 3 is 0.705 bits per heavy atom. The number of aliphatic hydroxyl groups is 1. The summed E-state index contributed by atoms with van der Waals surface area (Å²) in [6.45, 7) is 14.0. The lowest BCUT2D eigenvalue weighted by Crippen LogP contribution is -2.30. The van der Waals surface area contributed by atoms with E-state index >= 15 is 0 Å². The molecule has 0 amide bonds. The molecule has 3 N–H and O–H groups in total. The van der Waals surface area contributed by atoms with Gasteiger partial charge in [0, 0.05) is 25.7 Å². The summed E-state index contributed by atoms with van der Waals surface area (Å²) in [7, 11) is -9.90. The predicted molar refractivity (Wildman–Crippen MR) is 354 cm³/mol. The van der Waals surface area contributed by atoms with Gasteiger partial charge in [0.1, 0.15) is 19.3 Å². The second kappa shape index (κ2) is 58.8. The Balaban J connectivity index is 5.23. The van der Waals surface area contributed by atoms with Crippen molar-refractivity contribution in [3.8, 4) is 0 Å². The lowest BCUT2D eigenvalue weighted by atomic mass is 10.0. The van der Waals surface area contributed by atoms with Gasteiger partial charge in [0.25, 0.3) is 0 Å². The molecule has 17 nitrogen and oxygen atoms in total. The van der Waals surface area contributed by atoms with Crippen molar-refractivity contribution < 1.29 is 80.2 Å². The highest BCUT2D eigenvalue weighted by atomic mass is 31.2. The molecule has 0 saturated carbocycles. The van der Waals surface area contributed by atoms with Crippen LogP contribution in [0.15, 0.2) is 0 Å². The van der Waals surface area contributed by atoms with Gasteiger partial charge in [-0.3, -0.25) is 37.3 Å². The second-order valence-corrected chi connectivity index (χ2v) is 29.7. The Hall–Kier alpha value is -1.94. The van der Waals surface area contributed by atoms with Crippen molar-refractivity contribution in [1.29, 1.82) is 0 Å². The third kappa shape index (κ3) is 62.8. The lowest BCUT2D eigenvalue weighted by molar-refractivity contribution is -0.161. The largest absolute Gasteiger partial charge is 0.472 e. The first-order valence-electron chi connectivity index (χ1n) is 35.7. The smallest absolute Gasteiger partial charge is 0.462 e. The first-order chi connectivity index (χ1) is 42.1. The molecule has 0 radical (unpaired) electrons. The molecule has 0 saturated heterocycles. The highest BCUT2D eigenvalue weighted by Crippen LogP contribution is 2.45. The Bertz CT molecular complexity index is 1750. The normalized spacial score (nSPS) is 14.3. The molecule has 0 aromatic rings. The summed E-state index contributed by atoms with van der Waals surface area (Å²) in [5.74, 6) is 0.785. The average molecular weight is 1300 g/mol. The molecular weight excluding hydrogens is 1160 g/mol. The average Bonchev–Trinajstić information content (AvgIpc) is 3.58. The summed E-state index contributed by atoms with van der Waals surface area (Å²) in [4.78, 5) is 72.4. The fourth-order valence-corrected chi connectivity index (χ4v) is 11.9. The third-order valence-corrected chi connectivity index (χ3v) is 17.7. The highest BCUT2D eigenvalue weighted by Gasteiger charge is 2.30. The molecule has 0 aliphatic heterocycles. The summed E-state index contributed by atoms with van der Waals surface area (Å²) >= 11 is 0. The van der Waals surface area contributed by atoms with Crippen molar-refractivity contribution in [3.05, 3.63) is 0 Å². The minimum Gasteiger partial charge on any atom is -0.462 e. The van der Waals surface area contributed by atoms with Crippen LogP contribution in [-0.2, 0) is 65.4 Å². The van der Waals surface area contributed by atoms with E-state index in [1.165, 1.54) is 135 Å². The zero-order chi connectivity index (χ0) is 65.4. The van der Waals surface area contributed by atoms with Gasteiger partial charge in [-0.05, 0) is 49.4 Å². The summed E-state index contributed by atoms with van der Waals surface area (Å²) in [6.07, 6.45) is 40.6. The van der Waals surface area contributed by atoms with E-state index in [2.05, 4.69) is 55.4 Å². The van der Waals surface area contributed by atoms with Crippen LogP contribution in [0.5, 0.6) is 0 Å². The van der Waals surface area contributed by atoms with Crippen molar-refractivity contribution in [2.24, 2.45) is 23.7 Å². The van der Waals surface area contributed by atoms with Gasteiger partial charge in [0.05, 0.1) is 26.4 Å². The van der Waals surface area contributed by atoms with Crippen LogP contribution in [0.3, 0.4) is 0 Å². The van der Waals surface area contributed by atoms with E-state index in [-0.39, 0.29) is 25.7 Å². The summed E-state index contributed by atoms with van der Waals surface area (Å²) in [5.41, 5.74) is 0. The van der Waals surface area contributed by atoms with Crippen LogP contribution in [0.4, 0.5) is 0 Å². The molecule has 0 spiro atoms. The predicted octanol–water partition coefficient (Wildman–Crippen LogP) is 19.3. The van der Waals surface area contributed by atoms with Crippen LogP contribution in [0.1, 0.15) is 338 Å². The summed E-state index contributed by atoms with van der Waals surface area (Å²) in [6, 6.07) is 0. The molecule has 0 heterocycles. The molecule has 5 atom stereocenters. The monoisotopic (exact) mass is 1300 g/mol. The van der Waals surface area contributed by atoms with E-state index in [0.717, 1.165) is 114 Å². The maximum Gasteiger partial charge on any atom is 0.472 e. The minimum atomic E-state index is -4.95. The zero-order valence-electron chi connectivity index (χ0n) is 57.3. The Morgan fingerprint density at radius 2 is 0.477 bits per heavy atom. The van der Waals surface area contributed by atoms with Gasteiger partial charge in [-0.1, -0.05) is 287 Å². The van der Waals surface area contributed by atoms with E-state index in [1.807, 2.05) is 0 Å². The van der Waals surface area contributed by atoms with Gasteiger partial charge in [-0.15, -0.1) is 0 Å². The number of unbranched alkanes of at least 4 members (excludes halogenated alkanes) is 32. The first-order valence-corrected chi connectivity index (χ1v) is 38.7. The van der Waals surface area contributed by atoms with Crippen molar-refractivity contribution in [2.75, 3.05) is 39.6 Å². The van der Waals surface area contributed by atoms with E-state index in [1.54, 1.807) is 0 Å². The highest BCUT2D eigenvalue weighted by molar-refractivity contribution is 7.47. The van der Waals surface area contributed by atoms with Gasteiger partial charge < -0.3 is 33.8 Å². The number of carbonyl (C=O) groups is 4. The van der Waals surface area contributed by atoms with Crippen LogP contribution < -0.4 is 0 Å². The van der Waals surface area contributed by atoms with Crippen molar-refractivity contribution in [2.45, 2.75) is 356 Å². The summed E-state index contributed by atoms with van der Waals surface area (Å²) in [5, 5.41) is 10.6. The number of rotatable bonds is 66. The number of aliphatic hydroxyl groups excluding tert-OH is 1. The molecule has 0 rings (SSSR count). The molecule has 0 aliphatic rings. The molecule has 0 fully saturated rings. The molecule has 0 aromatic heterocycles. The summed E-state index contributed by atoms with van der Waals surface area (Å²) < 4.78 is 68.2. The number of phosphoric acid groups is 2. The van der Waals surface area contributed by atoms with Crippen LogP contribution >= 0.6 is 15.6 Å². The van der Waals surface area contributed by atoms with Gasteiger partial charge in [-0.2, -0.15) is 0 Å². The van der Waals surface area contributed by atoms with E-state index in [4.69, 9.17) is 37.0 Å². The van der Waals surface area contributed by atoms with Crippen molar-refractivity contribution in [3.63, 3.8) is 0 Å². The number of phosphoric ester groups is 2. The minimum absolute atomic E-state index is 0.103. The molecule has 522 valence electrons.